The number of halogens is 1. The Morgan fingerprint density at radius 1 is 1.35 bits per heavy atom. The van der Waals surface area contributed by atoms with Crippen molar-refractivity contribution in [3.05, 3.63) is 51.1 Å². The minimum absolute atomic E-state index is 0.0469. The Balaban J connectivity index is 2.26. The summed E-state index contributed by atoms with van der Waals surface area (Å²) in [6, 6.07) is 11.3. The van der Waals surface area contributed by atoms with E-state index in [9.17, 15) is 4.79 Å². The van der Waals surface area contributed by atoms with E-state index in [0.29, 0.717) is 23.5 Å². The number of hydrogen-bond donors (Lipinski definition) is 1. The van der Waals surface area contributed by atoms with Gasteiger partial charge in [-0.1, -0.05) is 30.4 Å². The monoisotopic (exact) mass is 368 g/mol. The number of rotatable bonds is 5. The fourth-order valence-corrected chi connectivity index (χ4v) is 2.98. The SMILES string of the molecule is NC(=S)CCN(C(=O)c1csc(Br)c1)c1ccccc1. The van der Waals surface area contributed by atoms with Gasteiger partial charge in [-0.15, -0.1) is 11.3 Å². The number of carbonyl (C=O) groups excluding carboxylic acids is 1. The van der Waals surface area contributed by atoms with Crippen molar-refractivity contribution in [2.45, 2.75) is 6.42 Å². The number of hydrogen-bond acceptors (Lipinski definition) is 3. The normalized spacial score (nSPS) is 10.2. The summed E-state index contributed by atoms with van der Waals surface area (Å²) >= 11 is 9.77. The second-order valence-corrected chi connectivity index (χ2v) is 6.96. The average Bonchev–Trinajstić information content (AvgIpc) is 2.86. The van der Waals surface area contributed by atoms with Crippen LogP contribution in [-0.2, 0) is 0 Å². The van der Waals surface area contributed by atoms with Crippen LogP contribution in [0.4, 0.5) is 5.69 Å². The van der Waals surface area contributed by atoms with Gasteiger partial charge < -0.3 is 10.6 Å². The predicted molar refractivity (Wildman–Crippen MR) is 91.5 cm³/mol. The summed E-state index contributed by atoms with van der Waals surface area (Å²) in [4.78, 5) is 14.7. The summed E-state index contributed by atoms with van der Waals surface area (Å²) in [7, 11) is 0. The first-order chi connectivity index (χ1) is 9.58. The molecule has 1 amide bonds. The Bertz CT molecular complexity index is 613. The van der Waals surface area contributed by atoms with E-state index in [4.69, 9.17) is 18.0 Å². The van der Waals surface area contributed by atoms with Crippen molar-refractivity contribution in [2.75, 3.05) is 11.4 Å². The van der Waals surface area contributed by atoms with Crippen LogP contribution in [0.25, 0.3) is 0 Å². The van der Waals surface area contributed by atoms with Crippen LogP contribution in [-0.4, -0.2) is 17.4 Å². The number of nitrogens with two attached hydrogens (primary N) is 1. The molecule has 0 aliphatic heterocycles. The molecule has 0 aliphatic rings. The Morgan fingerprint density at radius 3 is 2.60 bits per heavy atom. The van der Waals surface area contributed by atoms with Crippen molar-refractivity contribution in [1.29, 1.82) is 0 Å². The maximum Gasteiger partial charge on any atom is 0.259 e. The zero-order chi connectivity index (χ0) is 14.5. The molecule has 2 aromatic rings. The molecule has 2 N–H and O–H groups in total. The second kappa shape index (κ2) is 6.97. The molecular weight excluding hydrogens is 356 g/mol. The third-order valence-electron chi connectivity index (χ3n) is 2.71. The van der Waals surface area contributed by atoms with Crippen LogP contribution in [0.2, 0.25) is 0 Å². The highest BCUT2D eigenvalue weighted by molar-refractivity contribution is 9.11. The second-order valence-electron chi connectivity index (χ2n) is 4.15. The van der Waals surface area contributed by atoms with Gasteiger partial charge in [-0.25, -0.2) is 0 Å². The zero-order valence-corrected chi connectivity index (χ0v) is 13.8. The molecule has 0 fully saturated rings. The highest BCUT2D eigenvalue weighted by atomic mass is 79.9. The summed E-state index contributed by atoms with van der Waals surface area (Å²) in [6.07, 6.45) is 0.501. The van der Waals surface area contributed by atoms with E-state index in [2.05, 4.69) is 15.9 Å². The molecule has 1 aromatic heterocycles. The van der Waals surface area contributed by atoms with Crippen LogP contribution in [0.3, 0.4) is 0 Å². The van der Waals surface area contributed by atoms with Gasteiger partial charge in [-0.05, 0) is 34.1 Å². The lowest BCUT2D eigenvalue weighted by molar-refractivity contribution is 0.0988. The number of para-hydroxylation sites is 1. The molecule has 20 heavy (non-hydrogen) atoms. The van der Waals surface area contributed by atoms with E-state index in [1.54, 1.807) is 4.90 Å². The summed E-state index contributed by atoms with van der Waals surface area (Å²) in [5.74, 6) is -0.0469. The number of nitrogens with zero attached hydrogens (tertiary/aromatic N) is 1. The first kappa shape index (κ1) is 15.2. The molecular formula is C14H13BrN2OS2. The maximum absolute atomic E-state index is 12.6. The minimum Gasteiger partial charge on any atom is -0.393 e. The lowest BCUT2D eigenvalue weighted by Crippen LogP contribution is -2.33. The summed E-state index contributed by atoms with van der Waals surface area (Å²) < 4.78 is 0.934. The number of benzene rings is 1. The quantitative estimate of drug-likeness (QED) is 0.815. The Morgan fingerprint density at radius 2 is 2.05 bits per heavy atom. The van der Waals surface area contributed by atoms with Gasteiger partial charge in [0, 0.05) is 24.0 Å². The van der Waals surface area contributed by atoms with Crippen LogP contribution in [0.15, 0.2) is 45.6 Å². The van der Waals surface area contributed by atoms with E-state index < -0.39 is 0 Å². The Labute approximate surface area is 135 Å². The van der Waals surface area contributed by atoms with Gasteiger partial charge >= 0.3 is 0 Å². The molecule has 0 bridgehead atoms. The molecule has 0 atom stereocenters. The van der Waals surface area contributed by atoms with E-state index in [1.807, 2.05) is 41.8 Å². The van der Waals surface area contributed by atoms with Crippen molar-refractivity contribution in [1.82, 2.24) is 0 Å². The van der Waals surface area contributed by atoms with Crippen molar-refractivity contribution in [3.8, 4) is 0 Å². The van der Waals surface area contributed by atoms with Gasteiger partial charge in [0.15, 0.2) is 0 Å². The topological polar surface area (TPSA) is 46.3 Å². The van der Waals surface area contributed by atoms with Gasteiger partial charge in [0.05, 0.1) is 14.3 Å². The van der Waals surface area contributed by atoms with E-state index in [0.717, 1.165) is 9.47 Å². The minimum atomic E-state index is -0.0469. The van der Waals surface area contributed by atoms with Gasteiger partial charge in [-0.2, -0.15) is 0 Å². The summed E-state index contributed by atoms with van der Waals surface area (Å²) in [6.45, 7) is 0.478. The molecule has 1 heterocycles. The van der Waals surface area contributed by atoms with Crippen LogP contribution in [0.1, 0.15) is 16.8 Å². The Hall–Kier alpha value is -1.24. The van der Waals surface area contributed by atoms with Gasteiger partial charge in [0.2, 0.25) is 0 Å². The molecule has 104 valence electrons. The zero-order valence-electron chi connectivity index (χ0n) is 10.6. The van der Waals surface area contributed by atoms with E-state index in [1.165, 1.54) is 11.3 Å². The molecule has 0 saturated heterocycles. The first-order valence-electron chi connectivity index (χ1n) is 5.97. The maximum atomic E-state index is 12.6. The van der Waals surface area contributed by atoms with E-state index >= 15 is 0 Å². The van der Waals surface area contributed by atoms with Crippen molar-refractivity contribution in [3.63, 3.8) is 0 Å². The molecule has 0 radical (unpaired) electrons. The molecule has 0 spiro atoms. The van der Waals surface area contributed by atoms with Crippen molar-refractivity contribution < 1.29 is 4.79 Å². The van der Waals surface area contributed by atoms with E-state index in [-0.39, 0.29) is 5.91 Å². The molecule has 3 nitrogen and oxygen atoms in total. The first-order valence-corrected chi connectivity index (χ1v) is 8.05. The van der Waals surface area contributed by atoms with Crippen molar-refractivity contribution >= 4 is 56.1 Å². The molecule has 0 saturated carbocycles. The lowest BCUT2D eigenvalue weighted by atomic mass is 10.2. The van der Waals surface area contributed by atoms with Gasteiger partial charge in [0.25, 0.3) is 5.91 Å². The number of thiophene rings is 1. The highest BCUT2D eigenvalue weighted by Gasteiger charge is 2.18. The summed E-state index contributed by atoms with van der Waals surface area (Å²) in [5.41, 5.74) is 7.05. The summed E-state index contributed by atoms with van der Waals surface area (Å²) in [5, 5.41) is 1.84. The predicted octanol–water partition coefficient (Wildman–Crippen LogP) is 3.83. The average molecular weight is 369 g/mol. The fourth-order valence-electron chi connectivity index (χ4n) is 1.76. The molecule has 2 rings (SSSR count). The standard InChI is InChI=1S/C14H13BrN2OS2/c15-12-8-10(9-20-12)14(18)17(7-6-13(16)19)11-4-2-1-3-5-11/h1-5,8-9H,6-7H2,(H2,16,19). The molecule has 0 aliphatic carbocycles. The molecule has 6 heteroatoms. The fraction of sp³-hybridized carbons (Fsp3) is 0.143. The third kappa shape index (κ3) is 3.88. The Kier molecular flexibility index (Phi) is 5.28. The number of amides is 1. The van der Waals surface area contributed by atoms with Gasteiger partial charge in [0.1, 0.15) is 0 Å². The van der Waals surface area contributed by atoms with Crippen LogP contribution < -0.4 is 10.6 Å². The number of anilines is 1. The van der Waals surface area contributed by atoms with Gasteiger partial charge in [-0.3, -0.25) is 4.79 Å². The van der Waals surface area contributed by atoms with Crippen LogP contribution >= 0.6 is 39.5 Å². The molecule has 1 aromatic carbocycles. The smallest absolute Gasteiger partial charge is 0.259 e. The largest absolute Gasteiger partial charge is 0.393 e. The third-order valence-corrected chi connectivity index (χ3v) is 4.42. The van der Waals surface area contributed by atoms with Crippen LogP contribution in [0, 0.1) is 0 Å². The molecule has 0 unspecified atom stereocenters. The van der Waals surface area contributed by atoms with Crippen molar-refractivity contribution in [2.24, 2.45) is 5.73 Å². The number of thiocarbonyl (C=S) groups is 1. The lowest BCUT2D eigenvalue weighted by Gasteiger charge is -2.22. The number of carbonyl (C=O) groups is 1. The highest BCUT2D eigenvalue weighted by Crippen LogP contribution is 2.24. The van der Waals surface area contributed by atoms with Crippen LogP contribution in [0.5, 0.6) is 0 Å².